The van der Waals surface area contributed by atoms with Gasteiger partial charge >= 0.3 is 6.01 Å². The Hall–Kier alpha value is -2.51. The molecule has 2 rings (SSSR count). The maximum absolute atomic E-state index is 5.52. The van der Waals surface area contributed by atoms with Crippen molar-refractivity contribution in [3.8, 4) is 12.0 Å². The number of hydrogen-bond donors (Lipinski definition) is 1. The van der Waals surface area contributed by atoms with Crippen molar-refractivity contribution in [3.63, 3.8) is 0 Å². The molecule has 0 aromatic carbocycles. The number of nitrogens with zero attached hydrogens (tertiary/aromatic N) is 6. The van der Waals surface area contributed by atoms with Crippen molar-refractivity contribution in [3.05, 3.63) is 25.3 Å². The third kappa shape index (κ3) is 3.74. The Morgan fingerprint density at radius 1 is 1.40 bits per heavy atom. The number of hydrogen-bond acceptors (Lipinski definition) is 7. The van der Waals surface area contributed by atoms with Crippen LogP contribution in [-0.4, -0.2) is 42.9 Å². The minimum absolute atomic E-state index is 0.269. The lowest BCUT2D eigenvalue weighted by molar-refractivity contribution is 0.286. The summed E-state index contributed by atoms with van der Waals surface area (Å²) in [6, 6.07) is 0.269. The molecule has 0 spiro atoms. The summed E-state index contributed by atoms with van der Waals surface area (Å²) in [6.07, 6.45) is 6.54. The fourth-order valence-corrected chi connectivity index (χ4v) is 1.45. The van der Waals surface area contributed by atoms with Crippen LogP contribution in [0.2, 0.25) is 0 Å². The minimum Gasteiger partial charge on any atom is -0.463 e. The molecule has 1 N–H and O–H groups in total. The highest BCUT2D eigenvalue weighted by molar-refractivity contribution is 5.29. The van der Waals surface area contributed by atoms with Gasteiger partial charge in [-0.15, -0.1) is 6.58 Å². The maximum Gasteiger partial charge on any atom is 0.323 e. The van der Waals surface area contributed by atoms with E-state index in [9.17, 15) is 0 Å². The second-order valence-electron chi connectivity index (χ2n) is 3.89. The molecular weight excluding hydrogens is 258 g/mol. The van der Waals surface area contributed by atoms with E-state index in [2.05, 4.69) is 36.9 Å². The molecule has 0 atom stereocenters. The maximum atomic E-state index is 5.52. The van der Waals surface area contributed by atoms with E-state index in [4.69, 9.17) is 4.74 Å². The van der Waals surface area contributed by atoms with E-state index < -0.39 is 0 Å². The molecule has 2 aromatic rings. The largest absolute Gasteiger partial charge is 0.463 e. The number of allylic oxidation sites excluding steroid dienone is 1. The van der Waals surface area contributed by atoms with Crippen LogP contribution in [0.1, 0.15) is 19.8 Å². The summed E-state index contributed by atoms with van der Waals surface area (Å²) in [5.74, 6) is 0.818. The van der Waals surface area contributed by atoms with Gasteiger partial charge in [0.1, 0.15) is 12.7 Å². The molecule has 0 amide bonds. The summed E-state index contributed by atoms with van der Waals surface area (Å²) in [6.45, 7) is 6.86. The number of ether oxygens (including phenoxy) is 1. The molecule has 8 heteroatoms. The number of aromatic nitrogens is 6. The van der Waals surface area contributed by atoms with Crippen LogP contribution >= 0.6 is 0 Å². The van der Waals surface area contributed by atoms with Gasteiger partial charge in [-0.05, 0) is 19.8 Å². The Morgan fingerprint density at radius 2 is 2.30 bits per heavy atom. The van der Waals surface area contributed by atoms with Crippen molar-refractivity contribution < 1.29 is 4.74 Å². The first-order valence-corrected chi connectivity index (χ1v) is 6.42. The van der Waals surface area contributed by atoms with Gasteiger partial charge < -0.3 is 10.1 Å². The standard InChI is InChI=1S/C12H17N7O/c1-3-5-6-7-20-12-17-10(14-4-2)16-11(18-12)19-9-13-8-15-19/h3,8-9H,1,4-7H2,2H3,(H,14,16,17,18). The van der Waals surface area contributed by atoms with Crippen LogP contribution in [0.4, 0.5) is 5.95 Å². The van der Waals surface area contributed by atoms with E-state index >= 15 is 0 Å². The van der Waals surface area contributed by atoms with Gasteiger partial charge in [-0.25, -0.2) is 4.98 Å². The Kier molecular flexibility index (Phi) is 4.99. The van der Waals surface area contributed by atoms with Crippen molar-refractivity contribution in [2.24, 2.45) is 0 Å². The van der Waals surface area contributed by atoms with Crippen molar-refractivity contribution in [1.29, 1.82) is 0 Å². The molecule has 0 fully saturated rings. The predicted molar refractivity (Wildman–Crippen MR) is 73.8 cm³/mol. The van der Waals surface area contributed by atoms with Crippen LogP contribution in [-0.2, 0) is 0 Å². The van der Waals surface area contributed by atoms with Crippen molar-refractivity contribution in [2.75, 3.05) is 18.5 Å². The quantitative estimate of drug-likeness (QED) is 0.572. The molecule has 0 aliphatic carbocycles. The zero-order chi connectivity index (χ0) is 14.2. The Bertz CT molecular complexity index is 541. The summed E-state index contributed by atoms with van der Waals surface area (Å²) in [7, 11) is 0. The van der Waals surface area contributed by atoms with Gasteiger partial charge in [-0.3, -0.25) is 0 Å². The van der Waals surface area contributed by atoms with Crippen molar-refractivity contribution >= 4 is 5.95 Å². The molecule has 0 unspecified atom stereocenters. The van der Waals surface area contributed by atoms with E-state index in [1.165, 1.54) is 17.3 Å². The molecule has 106 valence electrons. The highest BCUT2D eigenvalue weighted by Crippen LogP contribution is 2.10. The summed E-state index contributed by atoms with van der Waals surface area (Å²) in [5.41, 5.74) is 0. The Labute approximate surface area is 117 Å². The molecular formula is C12H17N7O. The van der Waals surface area contributed by atoms with Crippen molar-refractivity contribution in [2.45, 2.75) is 19.8 Å². The lowest BCUT2D eigenvalue weighted by Crippen LogP contribution is -2.11. The number of anilines is 1. The molecule has 2 heterocycles. The van der Waals surface area contributed by atoms with E-state index in [0.29, 0.717) is 25.0 Å². The van der Waals surface area contributed by atoms with Crippen LogP contribution in [0.3, 0.4) is 0 Å². The SMILES string of the molecule is C=CCCCOc1nc(NCC)nc(-n2cncn2)n1. The lowest BCUT2D eigenvalue weighted by Gasteiger charge is -2.08. The van der Waals surface area contributed by atoms with Gasteiger partial charge in [0.15, 0.2) is 0 Å². The number of unbranched alkanes of at least 4 members (excludes halogenated alkanes) is 1. The van der Waals surface area contributed by atoms with Crippen LogP contribution in [0.25, 0.3) is 5.95 Å². The zero-order valence-corrected chi connectivity index (χ0v) is 11.4. The first kappa shape index (κ1) is 13.9. The molecule has 0 bridgehead atoms. The number of rotatable bonds is 8. The molecule has 20 heavy (non-hydrogen) atoms. The highest BCUT2D eigenvalue weighted by Gasteiger charge is 2.09. The molecule has 0 aliphatic heterocycles. The summed E-state index contributed by atoms with van der Waals surface area (Å²) in [5, 5.41) is 7.03. The fraction of sp³-hybridized carbons (Fsp3) is 0.417. The van der Waals surface area contributed by atoms with Crippen LogP contribution in [0.15, 0.2) is 25.3 Å². The average molecular weight is 275 g/mol. The molecule has 0 aliphatic rings. The number of nitrogens with one attached hydrogen (secondary N) is 1. The molecule has 8 nitrogen and oxygen atoms in total. The first-order valence-electron chi connectivity index (χ1n) is 6.42. The summed E-state index contributed by atoms with van der Waals surface area (Å²) < 4.78 is 6.98. The van der Waals surface area contributed by atoms with E-state index in [0.717, 1.165) is 12.8 Å². The smallest absolute Gasteiger partial charge is 0.323 e. The normalized spacial score (nSPS) is 10.2. The van der Waals surface area contributed by atoms with Gasteiger partial charge in [0.25, 0.3) is 5.95 Å². The van der Waals surface area contributed by atoms with Gasteiger partial charge in [0.2, 0.25) is 5.95 Å². The summed E-state index contributed by atoms with van der Waals surface area (Å²) in [4.78, 5) is 16.5. The van der Waals surface area contributed by atoms with Crippen molar-refractivity contribution in [1.82, 2.24) is 29.7 Å². The van der Waals surface area contributed by atoms with E-state index in [1.54, 1.807) is 0 Å². The van der Waals surface area contributed by atoms with Gasteiger partial charge in [0.05, 0.1) is 6.61 Å². The fourth-order valence-electron chi connectivity index (χ4n) is 1.45. The van der Waals surface area contributed by atoms with E-state index in [1.807, 2.05) is 13.0 Å². The zero-order valence-electron chi connectivity index (χ0n) is 11.4. The molecule has 0 radical (unpaired) electrons. The molecule has 0 saturated heterocycles. The van der Waals surface area contributed by atoms with Gasteiger partial charge in [0, 0.05) is 6.54 Å². The van der Waals surface area contributed by atoms with Gasteiger partial charge in [-0.2, -0.15) is 24.7 Å². The highest BCUT2D eigenvalue weighted by atomic mass is 16.5. The van der Waals surface area contributed by atoms with Crippen LogP contribution < -0.4 is 10.1 Å². The molecule has 2 aromatic heterocycles. The molecule has 0 saturated carbocycles. The minimum atomic E-state index is 0.269. The Balaban J connectivity index is 2.15. The third-order valence-electron chi connectivity index (χ3n) is 2.35. The van der Waals surface area contributed by atoms with Gasteiger partial charge in [-0.1, -0.05) is 6.08 Å². The second-order valence-corrected chi connectivity index (χ2v) is 3.89. The van der Waals surface area contributed by atoms with Crippen LogP contribution in [0.5, 0.6) is 6.01 Å². The van der Waals surface area contributed by atoms with E-state index in [-0.39, 0.29) is 6.01 Å². The Morgan fingerprint density at radius 3 is 3.00 bits per heavy atom. The topological polar surface area (TPSA) is 90.6 Å². The monoisotopic (exact) mass is 275 g/mol. The third-order valence-corrected chi connectivity index (χ3v) is 2.35. The van der Waals surface area contributed by atoms with Crippen LogP contribution in [0, 0.1) is 0 Å². The summed E-state index contributed by atoms with van der Waals surface area (Å²) >= 11 is 0. The lowest BCUT2D eigenvalue weighted by atomic mass is 10.3. The second kappa shape index (κ2) is 7.17. The predicted octanol–water partition coefficient (Wildman–Crippen LogP) is 1.23. The average Bonchev–Trinajstić information content (AvgIpc) is 2.98. The first-order chi connectivity index (χ1) is 9.83.